The molecule has 0 atom stereocenters. The van der Waals surface area contributed by atoms with Crippen molar-refractivity contribution in [1.29, 1.82) is 0 Å². The molecule has 106 valence electrons. The lowest BCUT2D eigenvalue weighted by molar-refractivity contribution is 0.473. The highest BCUT2D eigenvalue weighted by Crippen LogP contribution is 2.40. The average Bonchev–Trinajstić information content (AvgIpc) is 2.85. The van der Waals surface area contributed by atoms with Gasteiger partial charge < -0.3 is 5.11 Å². The van der Waals surface area contributed by atoms with E-state index in [1.165, 1.54) is 21.7 Å². The van der Waals surface area contributed by atoms with Crippen molar-refractivity contribution in [3.63, 3.8) is 0 Å². The first-order valence-electron chi connectivity index (χ1n) is 6.08. The zero-order chi connectivity index (χ0) is 14.3. The number of aromatic hydroxyl groups is 1. The lowest BCUT2D eigenvalue weighted by Gasteiger charge is -2.30. The lowest BCUT2D eigenvalue weighted by Crippen LogP contribution is -2.35. The summed E-state index contributed by atoms with van der Waals surface area (Å²) in [6.07, 6.45) is 1.53. The summed E-state index contributed by atoms with van der Waals surface area (Å²) in [6, 6.07) is 6.84. The molecular formula is C13H12BrNO3S2. The summed E-state index contributed by atoms with van der Waals surface area (Å²) in [5.74, 6) is 0.0125. The van der Waals surface area contributed by atoms with Gasteiger partial charge in [-0.1, -0.05) is 12.1 Å². The summed E-state index contributed by atoms with van der Waals surface area (Å²) < 4.78 is 27.7. The van der Waals surface area contributed by atoms with Crippen LogP contribution in [-0.2, 0) is 16.4 Å². The SMILES string of the molecule is O=S(=O)(c1sccc1Br)N1CCCc2cccc(O)c21. The molecule has 0 spiro atoms. The second kappa shape index (κ2) is 5.05. The van der Waals surface area contributed by atoms with Crippen molar-refractivity contribution in [2.45, 2.75) is 17.1 Å². The highest BCUT2D eigenvalue weighted by molar-refractivity contribution is 9.10. The van der Waals surface area contributed by atoms with E-state index in [-0.39, 0.29) is 9.96 Å². The molecule has 0 radical (unpaired) electrons. The van der Waals surface area contributed by atoms with Crippen LogP contribution in [0.2, 0.25) is 0 Å². The van der Waals surface area contributed by atoms with Crippen LogP contribution in [0.5, 0.6) is 5.75 Å². The van der Waals surface area contributed by atoms with Gasteiger partial charge in [0.2, 0.25) is 0 Å². The molecule has 0 amide bonds. The first-order chi connectivity index (χ1) is 9.51. The number of rotatable bonds is 2. The number of para-hydroxylation sites is 1. The predicted octanol–water partition coefficient (Wildman–Crippen LogP) is 3.36. The summed E-state index contributed by atoms with van der Waals surface area (Å²) >= 11 is 4.44. The highest BCUT2D eigenvalue weighted by Gasteiger charge is 2.33. The Balaban J connectivity index is 2.16. The Hall–Kier alpha value is -1.05. The van der Waals surface area contributed by atoms with Crippen LogP contribution in [0.25, 0.3) is 0 Å². The smallest absolute Gasteiger partial charge is 0.275 e. The number of sulfonamides is 1. The minimum Gasteiger partial charge on any atom is -0.506 e. The Labute approximate surface area is 129 Å². The second-order valence-electron chi connectivity index (χ2n) is 4.52. The topological polar surface area (TPSA) is 57.6 Å². The van der Waals surface area contributed by atoms with Crippen molar-refractivity contribution >= 4 is 43.0 Å². The second-order valence-corrected chi connectivity index (χ2v) is 8.35. The molecule has 2 heterocycles. The van der Waals surface area contributed by atoms with Gasteiger partial charge in [-0.15, -0.1) is 11.3 Å². The van der Waals surface area contributed by atoms with Gasteiger partial charge in [-0.25, -0.2) is 8.42 Å². The molecule has 1 aromatic heterocycles. The van der Waals surface area contributed by atoms with E-state index >= 15 is 0 Å². The van der Waals surface area contributed by atoms with E-state index < -0.39 is 10.0 Å². The summed E-state index contributed by atoms with van der Waals surface area (Å²) in [5, 5.41) is 11.8. The number of benzene rings is 1. The molecule has 1 N–H and O–H groups in total. The zero-order valence-corrected chi connectivity index (χ0v) is 13.6. The normalized spacial score (nSPS) is 15.2. The van der Waals surface area contributed by atoms with Gasteiger partial charge in [0, 0.05) is 11.0 Å². The number of hydrogen-bond donors (Lipinski definition) is 1. The first-order valence-corrected chi connectivity index (χ1v) is 9.19. The maximum Gasteiger partial charge on any atom is 0.275 e. The third-order valence-corrected chi connectivity index (χ3v) is 7.71. The van der Waals surface area contributed by atoms with E-state index in [9.17, 15) is 13.5 Å². The van der Waals surface area contributed by atoms with Gasteiger partial charge in [-0.05, 0) is 51.8 Å². The van der Waals surface area contributed by atoms with Crippen molar-refractivity contribution < 1.29 is 13.5 Å². The van der Waals surface area contributed by atoms with Crippen LogP contribution >= 0.6 is 27.3 Å². The van der Waals surface area contributed by atoms with E-state index in [2.05, 4.69) is 15.9 Å². The monoisotopic (exact) mass is 373 g/mol. The minimum atomic E-state index is -3.64. The molecular weight excluding hydrogens is 362 g/mol. The van der Waals surface area contributed by atoms with Gasteiger partial charge in [-0.3, -0.25) is 4.31 Å². The lowest BCUT2D eigenvalue weighted by atomic mass is 10.0. The third kappa shape index (κ3) is 2.13. The summed E-state index contributed by atoms with van der Waals surface area (Å²) in [7, 11) is -3.64. The Morgan fingerprint density at radius 2 is 2.10 bits per heavy atom. The maximum atomic E-state index is 12.8. The van der Waals surface area contributed by atoms with E-state index in [4.69, 9.17) is 0 Å². The van der Waals surface area contributed by atoms with E-state index in [1.54, 1.807) is 17.5 Å². The number of hydrogen-bond acceptors (Lipinski definition) is 4. The van der Waals surface area contributed by atoms with Crippen LogP contribution in [0.4, 0.5) is 5.69 Å². The van der Waals surface area contributed by atoms with Crippen molar-refractivity contribution in [1.82, 2.24) is 0 Å². The summed E-state index contributed by atoms with van der Waals surface area (Å²) in [6.45, 7) is 0.386. The van der Waals surface area contributed by atoms with Gasteiger partial charge in [0.1, 0.15) is 5.75 Å². The first kappa shape index (κ1) is 13.9. The van der Waals surface area contributed by atoms with Crippen LogP contribution in [-0.4, -0.2) is 20.1 Å². The number of halogens is 1. The quantitative estimate of drug-likeness (QED) is 0.877. The number of nitrogens with zero attached hydrogens (tertiary/aromatic N) is 1. The van der Waals surface area contributed by atoms with Crippen LogP contribution in [0, 0.1) is 0 Å². The van der Waals surface area contributed by atoms with Crippen LogP contribution in [0.15, 0.2) is 38.3 Å². The molecule has 1 aromatic carbocycles. The van der Waals surface area contributed by atoms with Crippen LogP contribution < -0.4 is 4.31 Å². The average molecular weight is 374 g/mol. The fourth-order valence-electron chi connectivity index (χ4n) is 2.40. The number of phenols is 1. The number of anilines is 1. The minimum absolute atomic E-state index is 0.0125. The van der Waals surface area contributed by atoms with Crippen molar-refractivity contribution in [3.05, 3.63) is 39.7 Å². The van der Waals surface area contributed by atoms with Gasteiger partial charge in [-0.2, -0.15) is 0 Å². The molecule has 0 bridgehead atoms. The predicted molar refractivity (Wildman–Crippen MR) is 83.0 cm³/mol. The fourth-order valence-corrected chi connectivity index (χ4v) is 6.36. The van der Waals surface area contributed by atoms with Crippen molar-refractivity contribution in [2.24, 2.45) is 0 Å². The third-order valence-electron chi connectivity index (χ3n) is 3.26. The largest absolute Gasteiger partial charge is 0.506 e. The van der Waals surface area contributed by atoms with E-state index in [0.29, 0.717) is 16.7 Å². The molecule has 7 heteroatoms. The van der Waals surface area contributed by atoms with Crippen molar-refractivity contribution in [2.75, 3.05) is 10.8 Å². The molecule has 0 saturated heterocycles. The Morgan fingerprint density at radius 1 is 1.30 bits per heavy atom. The Kier molecular flexibility index (Phi) is 3.51. The molecule has 0 unspecified atom stereocenters. The van der Waals surface area contributed by atoms with Crippen LogP contribution in [0.1, 0.15) is 12.0 Å². The molecule has 1 aliphatic rings. The summed E-state index contributed by atoms with van der Waals surface area (Å²) in [5.41, 5.74) is 1.28. The maximum absolute atomic E-state index is 12.8. The fraction of sp³-hybridized carbons (Fsp3) is 0.231. The van der Waals surface area contributed by atoms with Gasteiger partial charge in [0.05, 0.1) is 5.69 Å². The van der Waals surface area contributed by atoms with E-state index in [0.717, 1.165) is 18.4 Å². The van der Waals surface area contributed by atoms with Gasteiger partial charge in [0.15, 0.2) is 4.21 Å². The van der Waals surface area contributed by atoms with Crippen LogP contribution in [0.3, 0.4) is 0 Å². The Bertz CT molecular complexity index is 755. The zero-order valence-electron chi connectivity index (χ0n) is 10.4. The van der Waals surface area contributed by atoms with E-state index in [1.807, 2.05) is 6.07 Å². The summed E-state index contributed by atoms with van der Waals surface area (Å²) in [4.78, 5) is 0. The number of phenolic OH excluding ortho intramolecular Hbond substituents is 1. The van der Waals surface area contributed by atoms with Gasteiger partial charge in [0.25, 0.3) is 10.0 Å². The number of aryl methyl sites for hydroxylation is 1. The highest BCUT2D eigenvalue weighted by atomic mass is 79.9. The van der Waals surface area contributed by atoms with Crippen molar-refractivity contribution in [3.8, 4) is 5.75 Å². The molecule has 2 aromatic rings. The molecule has 0 fully saturated rings. The number of thiophene rings is 1. The standard InChI is InChI=1S/C13H12BrNO3S2/c14-10-6-8-19-13(10)20(17,18)15-7-2-4-9-3-1-5-11(16)12(9)15/h1,3,5-6,8,16H,2,4,7H2. The number of fused-ring (bicyclic) bond motifs is 1. The molecule has 20 heavy (non-hydrogen) atoms. The molecule has 1 aliphatic heterocycles. The molecule has 4 nitrogen and oxygen atoms in total. The molecule has 0 saturated carbocycles. The molecule has 0 aliphatic carbocycles. The Morgan fingerprint density at radius 3 is 2.80 bits per heavy atom. The molecule has 3 rings (SSSR count). The van der Waals surface area contributed by atoms with Gasteiger partial charge >= 0.3 is 0 Å².